The van der Waals surface area contributed by atoms with Crippen molar-refractivity contribution < 1.29 is 19.1 Å². The molecule has 1 saturated heterocycles. The van der Waals surface area contributed by atoms with Gasteiger partial charge < -0.3 is 29.7 Å². The molecule has 0 aromatic heterocycles. The van der Waals surface area contributed by atoms with Crippen molar-refractivity contribution in [1.82, 2.24) is 5.32 Å². The predicted molar refractivity (Wildman–Crippen MR) is 99.8 cm³/mol. The largest absolute Gasteiger partial charge is 0.495 e. The van der Waals surface area contributed by atoms with Crippen LogP contribution >= 0.6 is 23.8 Å². The normalized spacial score (nSPS) is 15.0. The Kier molecular flexibility index (Phi) is 7.84. The lowest BCUT2D eigenvalue weighted by Gasteiger charge is -2.23. The number of morpholine rings is 1. The minimum absolute atomic E-state index is 0.500. The van der Waals surface area contributed by atoms with Crippen LogP contribution in [0.1, 0.15) is 6.42 Å². The second-order valence-electron chi connectivity index (χ2n) is 5.53. The molecule has 1 heterocycles. The monoisotopic (exact) mass is 374 g/mol. The van der Waals surface area contributed by atoms with Gasteiger partial charge in [0.2, 0.25) is 0 Å². The van der Waals surface area contributed by atoms with Crippen LogP contribution < -0.4 is 25.0 Å². The Morgan fingerprint density at radius 2 is 1.96 bits per heavy atom. The second-order valence-corrected chi connectivity index (χ2v) is 6.35. The van der Waals surface area contributed by atoms with E-state index in [9.17, 15) is 0 Å². The summed E-state index contributed by atoms with van der Waals surface area (Å²) in [5, 5.41) is 7.38. The molecule has 0 aliphatic carbocycles. The van der Waals surface area contributed by atoms with E-state index in [1.807, 2.05) is 0 Å². The summed E-state index contributed by atoms with van der Waals surface area (Å²) < 4.78 is 15.9. The number of anilines is 1. The zero-order valence-electron chi connectivity index (χ0n) is 14.1. The summed E-state index contributed by atoms with van der Waals surface area (Å²) in [4.78, 5) is 1.59. The molecule has 2 rings (SSSR count). The topological polar surface area (TPSA) is 56.2 Å². The number of quaternary nitrogens is 1. The Bertz CT molecular complexity index is 554. The molecule has 1 aromatic rings. The van der Waals surface area contributed by atoms with Crippen molar-refractivity contribution in [3.05, 3.63) is 17.2 Å². The van der Waals surface area contributed by atoms with Crippen LogP contribution in [0, 0.1) is 0 Å². The molecule has 0 amide bonds. The van der Waals surface area contributed by atoms with E-state index in [0.29, 0.717) is 27.3 Å². The smallest absolute Gasteiger partial charge is 0.170 e. The predicted octanol–water partition coefficient (Wildman–Crippen LogP) is 0.949. The summed E-state index contributed by atoms with van der Waals surface area (Å²) in [6, 6.07) is 3.47. The average Bonchev–Trinajstić information content (AvgIpc) is 2.60. The van der Waals surface area contributed by atoms with Gasteiger partial charge in [-0.2, -0.15) is 0 Å². The van der Waals surface area contributed by atoms with Gasteiger partial charge in [-0.3, -0.25) is 0 Å². The zero-order chi connectivity index (χ0) is 17.4. The Morgan fingerprint density at radius 3 is 2.62 bits per heavy atom. The molecule has 134 valence electrons. The molecule has 0 radical (unpaired) electrons. The molecule has 3 N–H and O–H groups in total. The number of rotatable bonds is 7. The number of benzene rings is 1. The quantitative estimate of drug-likeness (QED) is 0.488. The first-order valence-electron chi connectivity index (χ1n) is 8.01. The number of halogens is 1. The molecule has 0 spiro atoms. The SMILES string of the molecule is COc1cc(OC)c(NC(=S)NCCC[NH+]2CCOCC2)cc1Cl. The van der Waals surface area contributed by atoms with Crippen molar-refractivity contribution in [3.8, 4) is 11.5 Å². The van der Waals surface area contributed by atoms with Crippen molar-refractivity contribution in [1.29, 1.82) is 0 Å². The van der Waals surface area contributed by atoms with Gasteiger partial charge in [0.15, 0.2) is 5.11 Å². The van der Waals surface area contributed by atoms with Crippen molar-refractivity contribution in [3.63, 3.8) is 0 Å². The lowest BCUT2D eigenvalue weighted by molar-refractivity contribution is -0.908. The molecular formula is C16H25ClN3O3S+. The minimum Gasteiger partial charge on any atom is -0.495 e. The fourth-order valence-corrected chi connectivity index (χ4v) is 3.03. The van der Waals surface area contributed by atoms with E-state index in [2.05, 4.69) is 10.6 Å². The maximum atomic E-state index is 6.16. The molecule has 6 nitrogen and oxygen atoms in total. The van der Waals surface area contributed by atoms with Gasteiger partial charge >= 0.3 is 0 Å². The van der Waals surface area contributed by atoms with Crippen LogP contribution in [0.4, 0.5) is 5.69 Å². The van der Waals surface area contributed by atoms with Crippen molar-refractivity contribution in [2.45, 2.75) is 6.42 Å². The summed E-state index contributed by atoms with van der Waals surface area (Å²) in [5.74, 6) is 1.18. The highest BCUT2D eigenvalue weighted by Gasteiger charge is 2.13. The maximum absolute atomic E-state index is 6.16. The molecule has 8 heteroatoms. The summed E-state index contributed by atoms with van der Waals surface area (Å²) in [6.07, 6.45) is 1.05. The Morgan fingerprint density at radius 1 is 1.25 bits per heavy atom. The average molecular weight is 375 g/mol. The van der Waals surface area contributed by atoms with Gasteiger partial charge in [-0.05, 0) is 18.3 Å². The van der Waals surface area contributed by atoms with Crippen LogP contribution in [0.2, 0.25) is 5.02 Å². The van der Waals surface area contributed by atoms with Gasteiger partial charge in [0.25, 0.3) is 0 Å². The molecule has 0 saturated carbocycles. The van der Waals surface area contributed by atoms with E-state index in [0.717, 1.165) is 45.8 Å². The molecule has 1 aliphatic rings. The van der Waals surface area contributed by atoms with Gasteiger partial charge in [-0.15, -0.1) is 0 Å². The molecule has 24 heavy (non-hydrogen) atoms. The molecule has 1 fully saturated rings. The summed E-state index contributed by atoms with van der Waals surface area (Å²) in [5.41, 5.74) is 0.708. The molecule has 1 aliphatic heterocycles. The third kappa shape index (κ3) is 5.66. The third-order valence-electron chi connectivity index (χ3n) is 3.91. The van der Waals surface area contributed by atoms with Gasteiger partial charge in [-0.1, -0.05) is 11.6 Å². The van der Waals surface area contributed by atoms with E-state index in [-0.39, 0.29) is 0 Å². The van der Waals surface area contributed by atoms with Crippen LogP contribution in [0.3, 0.4) is 0 Å². The first kappa shape index (κ1) is 19.1. The van der Waals surface area contributed by atoms with Crippen LogP contribution in [-0.2, 0) is 4.74 Å². The van der Waals surface area contributed by atoms with E-state index in [1.165, 1.54) is 0 Å². The number of hydrogen-bond donors (Lipinski definition) is 3. The van der Waals surface area contributed by atoms with Gasteiger partial charge in [0.1, 0.15) is 24.6 Å². The molecule has 0 unspecified atom stereocenters. The van der Waals surface area contributed by atoms with Crippen LogP contribution in [0.25, 0.3) is 0 Å². The summed E-state index contributed by atoms with van der Waals surface area (Å²) >= 11 is 11.5. The summed E-state index contributed by atoms with van der Waals surface area (Å²) in [6.45, 7) is 5.84. The van der Waals surface area contributed by atoms with Gasteiger partial charge in [-0.25, -0.2) is 0 Å². The van der Waals surface area contributed by atoms with E-state index in [1.54, 1.807) is 31.3 Å². The molecule has 1 aromatic carbocycles. The number of nitrogens with one attached hydrogen (secondary N) is 3. The van der Waals surface area contributed by atoms with Gasteiger partial charge in [0.05, 0.1) is 44.7 Å². The Balaban J connectivity index is 1.78. The van der Waals surface area contributed by atoms with Crippen molar-refractivity contribution in [2.75, 3.05) is 58.9 Å². The van der Waals surface area contributed by atoms with Crippen molar-refractivity contribution >= 4 is 34.6 Å². The van der Waals surface area contributed by atoms with E-state index in [4.69, 9.17) is 38.0 Å². The lowest BCUT2D eigenvalue weighted by Crippen LogP contribution is -3.14. The van der Waals surface area contributed by atoms with E-state index >= 15 is 0 Å². The first-order valence-corrected chi connectivity index (χ1v) is 8.80. The second kappa shape index (κ2) is 9.88. The number of ether oxygens (including phenoxy) is 3. The fourth-order valence-electron chi connectivity index (χ4n) is 2.57. The Labute approximate surface area is 153 Å². The molecule has 0 atom stereocenters. The third-order valence-corrected chi connectivity index (χ3v) is 4.46. The van der Waals surface area contributed by atoms with Crippen molar-refractivity contribution in [2.24, 2.45) is 0 Å². The maximum Gasteiger partial charge on any atom is 0.170 e. The zero-order valence-corrected chi connectivity index (χ0v) is 15.7. The standard InChI is InChI=1S/C16H24ClN3O3S/c1-21-14-11-15(22-2)13(10-12(14)17)19-16(24)18-4-3-5-20-6-8-23-9-7-20/h10-11H,3-9H2,1-2H3,(H2,18,19,24)/p+1. The highest BCUT2D eigenvalue weighted by Crippen LogP contribution is 2.35. The highest BCUT2D eigenvalue weighted by atomic mass is 35.5. The minimum atomic E-state index is 0.500. The van der Waals surface area contributed by atoms with Crippen LogP contribution in [0.15, 0.2) is 12.1 Å². The van der Waals surface area contributed by atoms with Gasteiger partial charge in [0, 0.05) is 19.0 Å². The lowest BCUT2D eigenvalue weighted by atomic mass is 10.2. The Hall–Kier alpha value is -1.28. The fraction of sp³-hybridized carbons (Fsp3) is 0.562. The first-order chi connectivity index (χ1) is 11.6. The molecule has 0 bridgehead atoms. The number of methoxy groups -OCH3 is 2. The molecular weight excluding hydrogens is 350 g/mol. The number of hydrogen-bond acceptors (Lipinski definition) is 4. The number of thiocarbonyl (C=S) groups is 1. The highest BCUT2D eigenvalue weighted by molar-refractivity contribution is 7.80. The van der Waals surface area contributed by atoms with Crippen LogP contribution in [0.5, 0.6) is 11.5 Å². The van der Waals surface area contributed by atoms with E-state index < -0.39 is 0 Å². The van der Waals surface area contributed by atoms with Crippen LogP contribution in [-0.4, -0.2) is 58.7 Å². The summed E-state index contributed by atoms with van der Waals surface area (Å²) in [7, 11) is 3.16.